The van der Waals surface area contributed by atoms with Crippen molar-refractivity contribution in [2.75, 3.05) is 18.0 Å². The van der Waals surface area contributed by atoms with Gasteiger partial charge in [0.15, 0.2) is 0 Å². The van der Waals surface area contributed by atoms with E-state index in [2.05, 4.69) is 51.9 Å². The lowest BCUT2D eigenvalue weighted by Crippen LogP contribution is -2.29. The Bertz CT molecular complexity index is 783. The highest BCUT2D eigenvalue weighted by Gasteiger charge is 2.17. The minimum Gasteiger partial charge on any atom is -0.370 e. The number of aromatic nitrogens is 1. The highest BCUT2D eigenvalue weighted by atomic mass is 35.5. The van der Waals surface area contributed by atoms with E-state index in [9.17, 15) is 0 Å². The van der Waals surface area contributed by atoms with Crippen LogP contribution in [-0.2, 0) is 0 Å². The van der Waals surface area contributed by atoms with Crippen LogP contribution in [0.15, 0.2) is 54.7 Å². The van der Waals surface area contributed by atoms with E-state index in [-0.39, 0.29) is 0 Å². The first kappa shape index (κ1) is 13.7. The molecule has 3 heteroatoms. The summed E-state index contributed by atoms with van der Waals surface area (Å²) in [5, 5.41) is 0.779. The third kappa shape index (κ3) is 2.38. The van der Waals surface area contributed by atoms with E-state index in [0.29, 0.717) is 0 Å². The van der Waals surface area contributed by atoms with Gasteiger partial charge in [0.1, 0.15) is 0 Å². The van der Waals surface area contributed by atoms with Crippen molar-refractivity contribution in [3.63, 3.8) is 0 Å². The number of hydrogen-bond donors (Lipinski definition) is 0. The van der Waals surface area contributed by atoms with Crippen LogP contribution in [0.4, 0.5) is 5.69 Å². The first-order valence-electron chi connectivity index (χ1n) is 7.94. The van der Waals surface area contributed by atoms with Crippen molar-refractivity contribution in [1.82, 2.24) is 4.40 Å². The summed E-state index contributed by atoms with van der Waals surface area (Å²) in [4.78, 5) is 2.53. The molecule has 0 unspecified atom stereocenters. The molecule has 0 spiro atoms. The number of hydrogen-bond acceptors (Lipinski definition) is 1. The van der Waals surface area contributed by atoms with Gasteiger partial charge in [0.2, 0.25) is 0 Å². The number of pyridine rings is 1. The molecule has 22 heavy (non-hydrogen) atoms. The Morgan fingerprint density at radius 3 is 2.41 bits per heavy atom. The summed E-state index contributed by atoms with van der Waals surface area (Å²) in [5.41, 5.74) is 5.07. The number of piperidine rings is 1. The molecule has 3 heterocycles. The van der Waals surface area contributed by atoms with Crippen LogP contribution in [0.25, 0.3) is 16.8 Å². The monoisotopic (exact) mass is 310 g/mol. The topological polar surface area (TPSA) is 7.65 Å². The first-order valence-corrected chi connectivity index (χ1v) is 8.32. The largest absolute Gasteiger partial charge is 0.370 e. The van der Waals surface area contributed by atoms with Crippen LogP contribution in [0.1, 0.15) is 19.3 Å². The molecule has 0 saturated carbocycles. The molecule has 0 bridgehead atoms. The van der Waals surface area contributed by atoms with E-state index in [4.69, 9.17) is 11.6 Å². The van der Waals surface area contributed by atoms with Gasteiger partial charge in [-0.05, 0) is 55.2 Å². The molecule has 112 valence electrons. The molecule has 0 amide bonds. The van der Waals surface area contributed by atoms with Gasteiger partial charge in [0.05, 0.1) is 16.9 Å². The molecule has 1 aromatic carbocycles. The third-order valence-corrected chi connectivity index (χ3v) is 4.74. The van der Waals surface area contributed by atoms with Crippen molar-refractivity contribution in [2.24, 2.45) is 0 Å². The maximum atomic E-state index is 6.03. The molecule has 1 aliphatic rings. The summed E-state index contributed by atoms with van der Waals surface area (Å²) in [6.07, 6.45) is 6.08. The van der Waals surface area contributed by atoms with Gasteiger partial charge >= 0.3 is 0 Å². The van der Waals surface area contributed by atoms with E-state index in [0.717, 1.165) is 18.1 Å². The van der Waals surface area contributed by atoms with Crippen LogP contribution < -0.4 is 4.90 Å². The number of nitrogens with zero attached hydrogens (tertiary/aromatic N) is 2. The van der Waals surface area contributed by atoms with Crippen molar-refractivity contribution in [3.05, 3.63) is 59.8 Å². The van der Waals surface area contributed by atoms with Gasteiger partial charge in [0, 0.05) is 24.3 Å². The van der Waals surface area contributed by atoms with Crippen LogP contribution in [0.2, 0.25) is 5.02 Å². The summed E-state index contributed by atoms with van der Waals surface area (Å²) >= 11 is 6.03. The second-order valence-electron chi connectivity index (χ2n) is 5.93. The van der Waals surface area contributed by atoms with Crippen LogP contribution in [-0.4, -0.2) is 17.5 Å². The molecule has 0 N–H and O–H groups in total. The number of benzene rings is 1. The van der Waals surface area contributed by atoms with Crippen LogP contribution in [0.5, 0.6) is 0 Å². The lowest BCUT2D eigenvalue weighted by atomic mass is 10.1. The fourth-order valence-corrected chi connectivity index (χ4v) is 3.49. The molecular weight excluding hydrogens is 292 g/mol. The minimum atomic E-state index is 0.779. The zero-order valence-corrected chi connectivity index (χ0v) is 13.3. The molecule has 1 aliphatic heterocycles. The zero-order valence-electron chi connectivity index (χ0n) is 12.5. The van der Waals surface area contributed by atoms with Crippen LogP contribution >= 0.6 is 11.6 Å². The second-order valence-corrected chi connectivity index (χ2v) is 6.36. The van der Waals surface area contributed by atoms with E-state index >= 15 is 0 Å². The predicted octanol–water partition coefficient (Wildman–Crippen LogP) is 5.25. The summed E-state index contributed by atoms with van der Waals surface area (Å²) in [6.45, 7) is 2.32. The lowest BCUT2D eigenvalue weighted by Gasteiger charge is -2.28. The van der Waals surface area contributed by atoms with Crippen LogP contribution in [0, 0.1) is 0 Å². The van der Waals surface area contributed by atoms with Gasteiger partial charge in [-0.2, -0.15) is 0 Å². The van der Waals surface area contributed by atoms with Gasteiger partial charge in [-0.15, -0.1) is 0 Å². The van der Waals surface area contributed by atoms with Gasteiger partial charge in [0.25, 0.3) is 0 Å². The number of halogens is 1. The fraction of sp³-hybridized carbons (Fsp3) is 0.263. The van der Waals surface area contributed by atoms with Crippen molar-refractivity contribution in [2.45, 2.75) is 19.3 Å². The third-order valence-electron chi connectivity index (χ3n) is 4.49. The minimum absolute atomic E-state index is 0.779. The van der Waals surface area contributed by atoms with Gasteiger partial charge in [-0.3, -0.25) is 0 Å². The second kappa shape index (κ2) is 5.69. The summed E-state index contributed by atoms with van der Waals surface area (Å²) < 4.78 is 2.28. The van der Waals surface area contributed by atoms with Crippen LogP contribution in [0.3, 0.4) is 0 Å². The SMILES string of the molecule is Clc1ccc(-c2cc(N3CCCCC3)c3ccccn23)cc1. The van der Waals surface area contributed by atoms with E-state index in [1.54, 1.807) is 0 Å². The van der Waals surface area contributed by atoms with Crippen molar-refractivity contribution < 1.29 is 0 Å². The molecule has 1 saturated heterocycles. The Kier molecular flexibility index (Phi) is 3.55. The Morgan fingerprint density at radius 1 is 0.864 bits per heavy atom. The Morgan fingerprint density at radius 2 is 1.64 bits per heavy atom. The summed E-state index contributed by atoms with van der Waals surface area (Å²) in [6, 6.07) is 16.8. The molecule has 0 atom stereocenters. The highest BCUT2D eigenvalue weighted by Crippen LogP contribution is 2.33. The Balaban J connectivity index is 1.86. The quantitative estimate of drug-likeness (QED) is 0.627. The molecule has 2 nitrogen and oxygen atoms in total. The van der Waals surface area contributed by atoms with E-state index < -0.39 is 0 Å². The summed E-state index contributed by atoms with van der Waals surface area (Å²) in [5.74, 6) is 0. The maximum absolute atomic E-state index is 6.03. The molecule has 3 aromatic rings. The molecular formula is C19H19ClN2. The number of anilines is 1. The Hall–Kier alpha value is -1.93. The number of rotatable bonds is 2. The maximum Gasteiger partial charge on any atom is 0.0690 e. The fourth-order valence-electron chi connectivity index (χ4n) is 3.37. The number of fused-ring (bicyclic) bond motifs is 1. The van der Waals surface area contributed by atoms with E-state index in [1.807, 2.05) is 12.1 Å². The zero-order chi connectivity index (χ0) is 14.9. The highest BCUT2D eigenvalue weighted by molar-refractivity contribution is 6.30. The average Bonchev–Trinajstić information content (AvgIpc) is 2.96. The molecule has 0 radical (unpaired) electrons. The normalized spacial score (nSPS) is 15.4. The molecule has 0 aliphatic carbocycles. The van der Waals surface area contributed by atoms with Crippen molar-refractivity contribution in [3.8, 4) is 11.3 Å². The average molecular weight is 311 g/mol. The Labute approximate surface area is 135 Å². The predicted molar refractivity (Wildman–Crippen MR) is 93.9 cm³/mol. The van der Waals surface area contributed by atoms with Crippen molar-refractivity contribution >= 4 is 22.8 Å². The molecule has 1 fully saturated rings. The standard InChI is InChI=1S/C19H19ClN2/c20-16-9-7-15(8-10-16)18-14-19(21-11-3-1-4-12-21)17-6-2-5-13-22(17)18/h2,5-10,13-14H,1,3-4,11-12H2. The first-order chi connectivity index (χ1) is 10.8. The molecule has 4 rings (SSSR count). The molecule has 2 aromatic heterocycles. The lowest BCUT2D eigenvalue weighted by molar-refractivity contribution is 0.579. The van der Waals surface area contributed by atoms with E-state index in [1.165, 1.54) is 41.7 Å². The van der Waals surface area contributed by atoms with Gasteiger partial charge in [-0.25, -0.2) is 0 Å². The van der Waals surface area contributed by atoms with Gasteiger partial charge in [-0.1, -0.05) is 29.8 Å². The summed E-state index contributed by atoms with van der Waals surface area (Å²) in [7, 11) is 0. The van der Waals surface area contributed by atoms with Crippen molar-refractivity contribution in [1.29, 1.82) is 0 Å². The smallest absolute Gasteiger partial charge is 0.0690 e. The van der Waals surface area contributed by atoms with Gasteiger partial charge < -0.3 is 9.30 Å².